The maximum absolute atomic E-state index is 12.3. The summed E-state index contributed by atoms with van der Waals surface area (Å²) in [7, 11) is 0. The zero-order chi connectivity index (χ0) is 19.1. The van der Waals surface area contributed by atoms with Crippen molar-refractivity contribution in [2.45, 2.75) is 50.5 Å². The molecule has 0 aliphatic heterocycles. The average molecular weight is 440 g/mol. The first-order valence-corrected chi connectivity index (χ1v) is 11.1. The number of aromatic nitrogens is 1. The normalized spacial score (nSPS) is 30.2. The monoisotopic (exact) mass is 439 g/mol. The highest BCUT2D eigenvalue weighted by Gasteiger charge is 2.51. The Morgan fingerprint density at radius 2 is 1.64 bits per heavy atom. The van der Waals surface area contributed by atoms with E-state index in [9.17, 15) is 4.79 Å². The maximum Gasteiger partial charge on any atom is 0.228 e. The van der Waals surface area contributed by atoms with Crippen LogP contribution in [0.4, 0.5) is 11.5 Å². The second-order valence-electron chi connectivity index (χ2n) is 9.11. The number of pyridine rings is 1. The molecule has 4 fully saturated rings. The molecule has 2 N–H and O–H groups in total. The van der Waals surface area contributed by atoms with Gasteiger partial charge in [-0.3, -0.25) is 4.79 Å². The summed E-state index contributed by atoms with van der Waals surface area (Å²) in [5.41, 5.74) is 2.00. The predicted octanol–water partition coefficient (Wildman–Crippen LogP) is 5.41. The van der Waals surface area contributed by atoms with Crippen LogP contribution in [0.1, 0.15) is 44.1 Å². The Bertz CT molecular complexity index is 827. The predicted molar refractivity (Wildman–Crippen MR) is 115 cm³/mol. The van der Waals surface area contributed by atoms with Gasteiger partial charge in [0, 0.05) is 10.0 Å². The molecule has 28 heavy (non-hydrogen) atoms. The Balaban J connectivity index is 1.20. The third-order valence-electron chi connectivity index (χ3n) is 6.76. The highest BCUT2D eigenvalue weighted by Crippen LogP contribution is 2.56. The lowest BCUT2D eigenvalue weighted by atomic mass is 9.53. The number of benzene rings is 1. The molecule has 2 aromatic rings. The smallest absolute Gasteiger partial charge is 0.228 e. The van der Waals surface area contributed by atoms with E-state index in [2.05, 4.69) is 31.5 Å². The summed E-state index contributed by atoms with van der Waals surface area (Å²) in [6, 6.07) is 11.8. The standard InChI is InChI=1S/C23H26BrN3O/c24-19-3-1-15(2-4-19)10-22(28)26-20-5-6-21(25-14-20)27-23-11-16-7-17(12-23)9-18(8-16)13-23/h1-6,14,16-18H,7-13H2,(H,25,27)(H,26,28). The van der Waals surface area contributed by atoms with E-state index >= 15 is 0 Å². The number of nitrogens with one attached hydrogen (secondary N) is 2. The summed E-state index contributed by atoms with van der Waals surface area (Å²) in [4.78, 5) is 16.9. The van der Waals surface area contributed by atoms with Crippen molar-refractivity contribution in [2.75, 3.05) is 10.6 Å². The van der Waals surface area contributed by atoms with E-state index in [0.717, 1.165) is 39.3 Å². The molecule has 4 bridgehead atoms. The zero-order valence-electron chi connectivity index (χ0n) is 16.0. The van der Waals surface area contributed by atoms with Crippen molar-refractivity contribution in [1.29, 1.82) is 0 Å². The summed E-state index contributed by atoms with van der Waals surface area (Å²) in [5.74, 6) is 3.65. The Hall–Kier alpha value is -1.88. The Morgan fingerprint density at radius 1 is 1.00 bits per heavy atom. The van der Waals surface area contributed by atoms with Crippen molar-refractivity contribution >= 4 is 33.3 Å². The first-order valence-electron chi connectivity index (χ1n) is 10.3. The van der Waals surface area contributed by atoms with Gasteiger partial charge < -0.3 is 10.6 Å². The Morgan fingerprint density at radius 3 is 2.21 bits per heavy atom. The summed E-state index contributed by atoms with van der Waals surface area (Å²) < 4.78 is 1.02. The first-order chi connectivity index (χ1) is 13.6. The van der Waals surface area contributed by atoms with Crippen molar-refractivity contribution in [3.8, 4) is 0 Å². The van der Waals surface area contributed by atoms with Crippen molar-refractivity contribution in [1.82, 2.24) is 4.98 Å². The van der Waals surface area contributed by atoms with Gasteiger partial charge in [-0.15, -0.1) is 0 Å². The molecule has 1 heterocycles. The van der Waals surface area contributed by atoms with Gasteiger partial charge in [-0.05, 0) is 86.1 Å². The highest BCUT2D eigenvalue weighted by atomic mass is 79.9. The largest absolute Gasteiger partial charge is 0.365 e. The van der Waals surface area contributed by atoms with E-state index in [1.165, 1.54) is 38.5 Å². The van der Waals surface area contributed by atoms with Crippen molar-refractivity contribution in [2.24, 2.45) is 17.8 Å². The average Bonchev–Trinajstić information content (AvgIpc) is 2.64. The van der Waals surface area contributed by atoms with Crippen molar-refractivity contribution < 1.29 is 4.79 Å². The number of hydrogen-bond acceptors (Lipinski definition) is 3. The number of carbonyl (C=O) groups is 1. The number of amides is 1. The number of halogens is 1. The molecule has 5 heteroatoms. The van der Waals surface area contributed by atoms with Gasteiger partial charge >= 0.3 is 0 Å². The third kappa shape index (κ3) is 3.82. The number of nitrogens with zero attached hydrogens (tertiary/aromatic N) is 1. The lowest BCUT2D eigenvalue weighted by molar-refractivity contribution is -0.115. The van der Waals surface area contributed by atoms with E-state index in [1.54, 1.807) is 6.20 Å². The molecule has 146 valence electrons. The fourth-order valence-electron chi connectivity index (χ4n) is 6.07. The molecule has 4 aliphatic rings. The van der Waals surface area contributed by atoms with E-state index < -0.39 is 0 Å². The van der Waals surface area contributed by atoms with E-state index in [1.807, 2.05) is 36.4 Å². The topological polar surface area (TPSA) is 54.0 Å². The zero-order valence-corrected chi connectivity index (χ0v) is 17.5. The molecule has 6 rings (SSSR count). The molecule has 0 atom stereocenters. The first kappa shape index (κ1) is 18.2. The molecule has 0 saturated heterocycles. The third-order valence-corrected chi connectivity index (χ3v) is 7.29. The summed E-state index contributed by atoms with van der Waals surface area (Å²) in [6.07, 6.45) is 10.3. The Kier molecular flexibility index (Phi) is 4.66. The molecular formula is C23H26BrN3O. The molecule has 1 aromatic carbocycles. The molecule has 4 aliphatic carbocycles. The minimum atomic E-state index is -0.0223. The molecule has 0 spiro atoms. The number of anilines is 2. The molecule has 1 aromatic heterocycles. The van der Waals surface area contributed by atoms with Crippen LogP contribution >= 0.6 is 15.9 Å². The van der Waals surface area contributed by atoms with Gasteiger partial charge in [-0.1, -0.05) is 28.1 Å². The van der Waals surface area contributed by atoms with Crippen LogP contribution < -0.4 is 10.6 Å². The summed E-state index contributed by atoms with van der Waals surface area (Å²) in [6.45, 7) is 0. The fraction of sp³-hybridized carbons (Fsp3) is 0.478. The van der Waals surface area contributed by atoms with Gasteiger partial charge in [0.05, 0.1) is 18.3 Å². The molecule has 4 saturated carbocycles. The van der Waals surface area contributed by atoms with Gasteiger partial charge in [0.2, 0.25) is 5.91 Å². The second-order valence-corrected chi connectivity index (χ2v) is 10.0. The van der Waals surface area contributed by atoms with E-state index in [4.69, 9.17) is 0 Å². The van der Waals surface area contributed by atoms with Crippen LogP contribution in [0.2, 0.25) is 0 Å². The van der Waals surface area contributed by atoms with Gasteiger partial charge in [0.25, 0.3) is 0 Å². The summed E-state index contributed by atoms with van der Waals surface area (Å²) in [5, 5.41) is 6.73. The second kappa shape index (κ2) is 7.18. The van der Waals surface area contributed by atoms with Crippen LogP contribution in [-0.2, 0) is 11.2 Å². The van der Waals surface area contributed by atoms with Crippen LogP contribution in [0.25, 0.3) is 0 Å². The van der Waals surface area contributed by atoms with Gasteiger partial charge in [-0.25, -0.2) is 4.98 Å². The van der Waals surface area contributed by atoms with Gasteiger partial charge in [0.1, 0.15) is 5.82 Å². The molecule has 1 amide bonds. The molecule has 4 nitrogen and oxygen atoms in total. The minimum Gasteiger partial charge on any atom is -0.365 e. The highest BCUT2D eigenvalue weighted by molar-refractivity contribution is 9.10. The van der Waals surface area contributed by atoms with Crippen molar-refractivity contribution in [3.63, 3.8) is 0 Å². The summed E-state index contributed by atoms with van der Waals surface area (Å²) >= 11 is 3.41. The van der Waals surface area contributed by atoms with Crippen LogP contribution in [-0.4, -0.2) is 16.4 Å². The molecule has 0 unspecified atom stereocenters. The van der Waals surface area contributed by atoms with Crippen LogP contribution in [0.5, 0.6) is 0 Å². The number of rotatable bonds is 5. The lowest BCUT2D eigenvalue weighted by Gasteiger charge is -2.57. The van der Waals surface area contributed by atoms with E-state index in [0.29, 0.717) is 6.42 Å². The lowest BCUT2D eigenvalue weighted by Crippen LogP contribution is -2.54. The Labute approximate surface area is 174 Å². The fourth-order valence-corrected chi connectivity index (χ4v) is 6.33. The maximum atomic E-state index is 12.3. The number of hydrogen-bond donors (Lipinski definition) is 2. The number of carbonyl (C=O) groups excluding carboxylic acids is 1. The molecular weight excluding hydrogens is 414 g/mol. The van der Waals surface area contributed by atoms with E-state index in [-0.39, 0.29) is 11.4 Å². The van der Waals surface area contributed by atoms with Crippen molar-refractivity contribution in [3.05, 3.63) is 52.6 Å². The SMILES string of the molecule is O=C(Cc1ccc(Br)cc1)Nc1ccc(NC23CC4CC(CC(C4)C2)C3)nc1. The van der Waals surface area contributed by atoms with Crippen LogP contribution in [0.15, 0.2) is 47.1 Å². The van der Waals surface area contributed by atoms with Crippen LogP contribution in [0, 0.1) is 17.8 Å². The quantitative estimate of drug-likeness (QED) is 0.654. The van der Waals surface area contributed by atoms with Crippen LogP contribution in [0.3, 0.4) is 0 Å². The van der Waals surface area contributed by atoms with Gasteiger partial charge in [0.15, 0.2) is 0 Å². The minimum absolute atomic E-state index is 0.0223. The van der Waals surface area contributed by atoms with Gasteiger partial charge in [-0.2, -0.15) is 0 Å². The molecule has 0 radical (unpaired) electrons.